The van der Waals surface area contributed by atoms with Crippen molar-refractivity contribution in [1.82, 2.24) is 9.88 Å². The average Bonchev–Trinajstić information content (AvgIpc) is 3.25. The first-order valence-electron chi connectivity index (χ1n) is 10.8. The fraction of sp³-hybridized carbons (Fsp3) is 0.269. The van der Waals surface area contributed by atoms with Gasteiger partial charge in [0.2, 0.25) is 0 Å². The quantitative estimate of drug-likeness (QED) is 0.493. The molecular weight excluding hydrogens is 388 g/mol. The zero-order valence-electron chi connectivity index (χ0n) is 17.6. The molecule has 1 amide bonds. The molecule has 1 aliphatic heterocycles. The van der Waals surface area contributed by atoms with Gasteiger partial charge in [-0.2, -0.15) is 0 Å². The fourth-order valence-corrected chi connectivity index (χ4v) is 4.52. The van der Waals surface area contributed by atoms with Crippen LogP contribution in [0.25, 0.3) is 21.7 Å². The van der Waals surface area contributed by atoms with E-state index in [2.05, 4.69) is 35.4 Å². The molecule has 3 aromatic carbocycles. The molecule has 1 fully saturated rings. The van der Waals surface area contributed by atoms with E-state index < -0.39 is 0 Å². The Kier molecular flexibility index (Phi) is 5.24. The largest absolute Gasteiger partial charge is 0.497 e. The number of fused-ring (bicyclic) bond motifs is 2. The summed E-state index contributed by atoms with van der Waals surface area (Å²) >= 11 is 0. The van der Waals surface area contributed by atoms with Crippen LogP contribution in [0.2, 0.25) is 0 Å². The molecule has 0 spiro atoms. The van der Waals surface area contributed by atoms with E-state index in [0.717, 1.165) is 53.7 Å². The number of rotatable bonds is 5. The normalized spacial score (nSPS) is 14.8. The molecule has 0 saturated carbocycles. The van der Waals surface area contributed by atoms with Gasteiger partial charge < -0.3 is 19.4 Å². The number of hydrogen-bond acceptors (Lipinski definition) is 3. The van der Waals surface area contributed by atoms with Gasteiger partial charge in [0.15, 0.2) is 6.61 Å². The van der Waals surface area contributed by atoms with E-state index in [1.54, 1.807) is 7.11 Å². The summed E-state index contributed by atoms with van der Waals surface area (Å²) in [5.41, 5.74) is 2.44. The third-order valence-corrected chi connectivity index (χ3v) is 6.29. The van der Waals surface area contributed by atoms with Crippen LogP contribution in [0.5, 0.6) is 11.5 Å². The van der Waals surface area contributed by atoms with Gasteiger partial charge in [-0.05, 0) is 65.4 Å². The zero-order valence-corrected chi connectivity index (χ0v) is 17.6. The summed E-state index contributed by atoms with van der Waals surface area (Å²) in [5.74, 6) is 2.08. The zero-order chi connectivity index (χ0) is 21.2. The summed E-state index contributed by atoms with van der Waals surface area (Å²) in [6.45, 7) is 1.58. The second-order valence-corrected chi connectivity index (χ2v) is 8.11. The lowest BCUT2D eigenvalue weighted by Gasteiger charge is -2.32. The van der Waals surface area contributed by atoms with Crippen molar-refractivity contribution in [2.75, 3.05) is 26.8 Å². The van der Waals surface area contributed by atoms with Gasteiger partial charge in [-0.25, -0.2) is 0 Å². The molecule has 1 aliphatic rings. The maximum Gasteiger partial charge on any atom is 0.260 e. The first-order valence-corrected chi connectivity index (χ1v) is 10.8. The van der Waals surface area contributed by atoms with Gasteiger partial charge in [0.1, 0.15) is 11.5 Å². The monoisotopic (exact) mass is 414 g/mol. The third-order valence-electron chi connectivity index (χ3n) is 6.29. The van der Waals surface area contributed by atoms with Crippen LogP contribution >= 0.6 is 0 Å². The SMILES string of the molecule is COc1ccc2[nH]cc(C3CCN(C(=O)COc4ccc5ccccc5c4)CC3)c2c1. The number of hydrogen-bond donors (Lipinski definition) is 1. The molecule has 5 rings (SSSR count). The van der Waals surface area contributed by atoms with Crippen LogP contribution in [0.1, 0.15) is 24.3 Å². The predicted molar refractivity (Wildman–Crippen MR) is 123 cm³/mol. The molecule has 5 nitrogen and oxygen atoms in total. The number of methoxy groups -OCH3 is 1. The van der Waals surface area contributed by atoms with E-state index in [1.165, 1.54) is 10.9 Å². The number of benzene rings is 3. The average molecular weight is 415 g/mol. The fourth-order valence-electron chi connectivity index (χ4n) is 4.52. The number of nitrogens with zero attached hydrogens (tertiary/aromatic N) is 1. The van der Waals surface area contributed by atoms with Crippen molar-refractivity contribution in [3.63, 3.8) is 0 Å². The lowest BCUT2D eigenvalue weighted by molar-refractivity contribution is -0.134. The number of nitrogens with one attached hydrogen (secondary N) is 1. The van der Waals surface area contributed by atoms with E-state index in [1.807, 2.05) is 41.3 Å². The van der Waals surface area contributed by atoms with Crippen molar-refractivity contribution in [2.24, 2.45) is 0 Å². The molecule has 2 heterocycles. The number of amides is 1. The molecule has 1 aromatic heterocycles. The minimum absolute atomic E-state index is 0.0483. The summed E-state index contributed by atoms with van der Waals surface area (Å²) in [7, 11) is 1.69. The summed E-state index contributed by atoms with van der Waals surface area (Å²) in [6.07, 6.45) is 4.01. The third kappa shape index (κ3) is 3.96. The summed E-state index contributed by atoms with van der Waals surface area (Å²) < 4.78 is 11.2. The van der Waals surface area contributed by atoms with E-state index >= 15 is 0 Å². The molecule has 0 bridgehead atoms. The molecule has 158 valence electrons. The van der Waals surface area contributed by atoms with Gasteiger partial charge in [-0.1, -0.05) is 30.3 Å². The Morgan fingerprint density at radius 3 is 2.58 bits per heavy atom. The van der Waals surface area contributed by atoms with Crippen LogP contribution in [-0.2, 0) is 4.79 Å². The van der Waals surface area contributed by atoms with Crippen molar-refractivity contribution >= 4 is 27.6 Å². The molecule has 1 N–H and O–H groups in total. The molecule has 0 atom stereocenters. The van der Waals surface area contributed by atoms with Crippen LogP contribution in [0.3, 0.4) is 0 Å². The molecule has 1 saturated heterocycles. The van der Waals surface area contributed by atoms with Crippen molar-refractivity contribution < 1.29 is 14.3 Å². The lowest BCUT2D eigenvalue weighted by atomic mass is 9.89. The Hall–Kier alpha value is -3.47. The number of aromatic nitrogens is 1. The molecule has 31 heavy (non-hydrogen) atoms. The first kappa shape index (κ1) is 19.5. The van der Waals surface area contributed by atoms with Crippen molar-refractivity contribution in [2.45, 2.75) is 18.8 Å². The predicted octanol–water partition coefficient (Wildman–Crippen LogP) is 5.11. The minimum atomic E-state index is 0.0483. The number of likely N-dealkylation sites (tertiary alicyclic amines) is 1. The van der Waals surface area contributed by atoms with E-state index in [-0.39, 0.29) is 12.5 Å². The molecule has 0 aliphatic carbocycles. The van der Waals surface area contributed by atoms with Gasteiger partial charge in [0, 0.05) is 30.2 Å². The Labute approximate surface area is 181 Å². The van der Waals surface area contributed by atoms with Crippen molar-refractivity contribution in [3.05, 3.63) is 72.4 Å². The Balaban J connectivity index is 1.19. The van der Waals surface area contributed by atoms with Gasteiger partial charge in [0.05, 0.1) is 7.11 Å². The Morgan fingerprint density at radius 1 is 1.00 bits per heavy atom. The number of ether oxygens (including phenoxy) is 2. The summed E-state index contributed by atoms with van der Waals surface area (Å²) in [4.78, 5) is 18.0. The Morgan fingerprint density at radius 2 is 1.77 bits per heavy atom. The van der Waals surface area contributed by atoms with Crippen LogP contribution < -0.4 is 9.47 Å². The maximum atomic E-state index is 12.7. The molecule has 0 radical (unpaired) electrons. The number of aromatic amines is 1. The van der Waals surface area contributed by atoms with Gasteiger partial charge in [0.25, 0.3) is 5.91 Å². The van der Waals surface area contributed by atoms with E-state index in [9.17, 15) is 4.79 Å². The Bertz CT molecular complexity index is 1220. The highest BCUT2D eigenvalue weighted by molar-refractivity contribution is 5.86. The van der Waals surface area contributed by atoms with Gasteiger partial charge in [-0.3, -0.25) is 4.79 Å². The van der Waals surface area contributed by atoms with E-state index in [4.69, 9.17) is 9.47 Å². The molecule has 4 aromatic rings. The standard InChI is InChI=1S/C26H26N2O3/c1-30-21-8-9-25-23(15-21)24(16-27-25)19-10-12-28(13-11-19)26(29)17-31-22-7-6-18-4-2-3-5-20(18)14-22/h2-9,14-16,19,27H,10-13,17H2,1H3. The highest BCUT2D eigenvalue weighted by Gasteiger charge is 2.25. The summed E-state index contributed by atoms with van der Waals surface area (Å²) in [5, 5.41) is 3.49. The number of carbonyl (C=O) groups excluding carboxylic acids is 1. The number of carbonyl (C=O) groups is 1. The van der Waals surface area contributed by atoms with Crippen LogP contribution in [-0.4, -0.2) is 42.6 Å². The molecule has 5 heteroatoms. The van der Waals surface area contributed by atoms with Crippen molar-refractivity contribution in [3.8, 4) is 11.5 Å². The number of H-pyrrole nitrogens is 1. The van der Waals surface area contributed by atoms with Crippen LogP contribution in [0.4, 0.5) is 0 Å². The van der Waals surface area contributed by atoms with E-state index in [0.29, 0.717) is 5.92 Å². The highest BCUT2D eigenvalue weighted by atomic mass is 16.5. The first-order chi connectivity index (χ1) is 15.2. The van der Waals surface area contributed by atoms with Crippen LogP contribution in [0.15, 0.2) is 66.9 Å². The second-order valence-electron chi connectivity index (χ2n) is 8.11. The van der Waals surface area contributed by atoms with Crippen LogP contribution in [0, 0.1) is 0 Å². The summed E-state index contributed by atoms with van der Waals surface area (Å²) in [6, 6.07) is 20.2. The lowest BCUT2D eigenvalue weighted by Crippen LogP contribution is -2.40. The topological polar surface area (TPSA) is 54.6 Å². The van der Waals surface area contributed by atoms with Gasteiger partial charge >= 0.3 is 0 Å². The highest BCUT2D eigenvalue weighted by Crippen LogP contribution is 2.34. The van der Waals surface area contributed by atoms with Crippen molar-refractivity contribution in [1.29, 1.82) is 0 Å². The number of piperidine rings is 1. The molecule has 0 unspecified atom stereocenters. The second kappa shape index (κ2) is 8.34. The smallest absolute Gasteiger partial charge is 0.260 e. The maximum absolute atomic E-state index is 12.7. The van der Waals surface area contributed by atoms with Gasteiger partial charge in [-0.15, -0.1) is 0 Å². The molecular formula is C26H26N2O3. The minimum Gasteiger partial charge on any atom is -0.497 e.